The number of phosphoric acid groups is 1. The molecule has 0 aliphatic rings. The van der Waals surface area contributed by atoms with Gasteiger partial charge in [-0.25, -0.2) is 0 Å². The largest absolute Gasteiger partial charge is 0.756 e. The molecule has 0 saturated heterocycles. The molecular weight excluding hydrogens is 725 g/mol. The molecule has 2 atom stereocenters. The molecule has 0 amide bonds. The van der Waals surface area contributed by atoms with E-state index in [1.165, 1.54) is 64.2 Å². The van der Waals surface area contributed by atoms with Crippen LogP contribution in [0, 0.1) is 0 Å². The lowest BCUT2D eigenvalue weighted by atomic mass is 10.0. The zero-order valence-electron chi connectivity index (χ0n) is 36.1. The highest BCUT2D eigenvalue weighted by Gasteiger charge is 2.21. The van der Waals surface area contributed by atoms with Gasteiger partial charge >= 0.3 is 11.9 Å². The van der Waals surface area contributed by atoms with Gasteiger partial charge in [0, 0.05) is 12.8 Å². The summed E-state index contributed by atoms with van der Waals surface area (Å²) in [5.74, 6) is -0.936. The maximum Gasteiger partial charge on any atom is 0.306 e. The highest BCUT2D eigenvalue weighted by molar-refractivity contribution is 7.45. The maximum absolute atomic E-state index is 12.6. The van der Waals surface area contributed by atoms with E-state index in [0.29, 0.717) is 17.4 Å². The fraction of sp³-hybridized carbons (Fsp3) is 0.696. The SMILES string of the molecule is CCC=CCC=CCC=CCC=CCC=CC/C=C\CCC(=O)O[C@H](COC(=O)CCCCCCCCCCCCCCC)COP(=O)([O-])OCC[N+](C)(C)C. The Morgan fingerprint density at radius 1 is 0.571 bits per heavy atom. The number of ether oxygens (including phenoxy) is 2. The second-order valence-corrected chi connectivity index (χ2v) is 16.7. The Labute approximate surface area is 342 Å². The van der Waals surface area contributed by atoms with Gasteiger partial charge in [0.1, 0.15) is 19.8 Å². The first-order chi connectivity index (χ1) is 27.0. The summed E-state index contributed by atoms with van der Waals surface area (Å²) in [4.78, 5) is 37.5. The second kappa shape index (κ2) is 38.0. The number of hydrogen-bond acceptors (Lipinski definition) is 8. The molecular formula is C46H80NO8P. The molecule has 0 aromatic rings. The van der Waals surface area contributed by atoms with Crippen LogP contribution in [-0.2, 0) is 32.7 Å². The lowest BCUT2D eigenvalue weighted by molar-refractivity contribution is -0.870. The van der Waals surface area contributed by atoms with Crippen LogP contribution in [0.1, 0.15) is 155 Å². The fourth-order valence-electron chi connectivity index (χ4n) is 5.39. The second-order valence-electron chi connectivity index (χ2n) is 15.3. The van der Waals surface area contributed by atoms with Gasteiger partial charge in [0.2, 0.25) is 0 Å². The molecule has 0 bridgehead atoms. The highest BCUT2D eigenvalue weighted by atomic mass is 31.2. The van der Waals surface area contributed by atoms with Gasteiger partial charge in [0.05, 0.1) is 27.7 Å². The van der Waals surface area contributed by atoms with E-state index in [0.717, 1.165) is 57.8 Å². The van der Waals surface area contributed by atoms with Crippen molar-refractivity contribution in [3.05, 3.63) is 72.9 Å². The Hall–Kier alpha value is -2.55. The number of phosphoric ester groups is 1. The zero-order valence-corrected chi connectivity index (χ0v) is 36.9. The van der Waals surface area contributed by atoms with Crippen molar-refractivity contribution in [2.45, 2.75) is 161 Å². The number of hydrogen-bond donors (Lipinski definition) is 0. The molecule has 0 spiro atoms. The number of unbranched alkanes of at least 4 members (excludes halogenated alkanes) is 12. The van der Waals surface area contributed by atoms with Crippen LogP contribution in [0.2, 0.25) is 0 Å². The number of likely N-dealkylation sites (N-methyl/N-ethyl adjacent to an activating group) is 1. The molecule has 1 unspecified atom stereocenters. The van der Waals surface area contributed by atoms with Crippen LogP contribution >= 0.6 is 7.82 Å². The molecule has 0 rings (SSSR count). The molecule has 56 heavy (non-hydrogen) atoms. The van der Waals surface area contributed by atoms with Crippen molar-refractivity contribution in [3.8, 4) is 0 Å². The quantitative estimate of drug-likeness (QED) is 0.0199. The number of nitrogens with zero attached hydrogens (tertiary/aromatic N) is 1. The lowest BCUT2D eigenvalue weighted by Gasteiger charge is -2.28. The smallest absolute Gasteiger partial charge is 0.306 e. The van der Waals surface area contributed by atoms with Crippen LogP contribution in [0.4, 0.5) is 0 Å². The van der Waals surface area contributed by atoms with Crippen LogP contribution in [0.25, 0.3) is 0 Å². The monoisotopic (exact) mass is 806 g/mol. The van der Waals surface area contributed by atoms with Crippen molar-refractivity contribution in [3.63, 3.8) is 0 Å². The van der Waals surface area contributed by atoms with Crippen molar-refractivity contribution in [1.29, 1.82) is 0 Å². The van der Waals surface area contributed by atoms with Gasteiger partial charge in [-0.15, -0.1) is 0 Å². The summed E-state index contributed by atoms with van der Waals surface area (Å²) in [6, 6.07) is 0. The summed E-state index contributed by atoms with van der Waals surface area (Å²) in [6.45, 7) is 4.01. The third-order valence-corrected chi connectivity index (χ3v) is 9.72. The van der Waals surface area contributed by atoms with Crippen LogP contribution in [0.5, 0.6) is 0 Å². The third-order valence-electron chi connectivity index (χ3n) is 8.75. The predicted octanol–water partition coefficient (Wildman–Crippen LogP) is 11.6. The van der Waals surface area contributed by atoms with E-state index < -0.39 is 32.5 Å². The first-order valence-corrected chi connectivity index (χ1v) is 23.1. The Morgan fingerprint density at radius 2 is 1.02 bits per heavy atom. The number of esters is 2. The van der Waals surface area contributed by atoms with Crippen molar-refractivity contribution in [2.75, 3.05) is 47.5 Å². The van der Waals surface area contributed by atoms with E-state index in [1.807, 2.05) is 33.3 Å². The first kappa shape index (κ1) is 53.5. The van der Waals surface area contributed by atoms with Gasteiger partial charge < -0.3 is 27.9 Å². The average molecular weight is 806 g/mol. The molecule has 0 saturated carbocycles. The summed E-state index contributed by atoms with van der Waals surface area (Å²) < 4.78 is 33.8. The van der Waals surface area contributed by atoms with E-state index in [-0.39, 0.29) is 26.1 Å². The van der Waals surface area contributed by atoms with E-state index >= 15 is 0 Å². The van der Waals surface area contributed by atoms with Crippen molar-refractivity contribution >= 4 is 19.8 Å². The first-order valence-electron chi connectivity index (χ1n) is 21.6. The minimum Gasteiger partial charge on any atom is -0.756 e. The van der Waals surface area contributed by atoms with Gasteiger partial charge in [-0.1, -0.05) is 164 Å². The Kier molecular flexibility index (Phi) is 36.3. The molecule has 0 heterocycles. The zero-order chi connectivity index (χ0) is 41.4. The minimum absolute atomic E-state index is 0.0468. The maximum atomic E-state index is 12.6. The van der Waals surface area contributed by atoms with Crippen molar-refractivity contribution in [1.82, 2.24) is 0 Å². The summed E-state index contributed by atoms with van der Waals surface area (Å²) in [7, 11) is 1.11. The van der Waals surface area contributed by atoms with Gasteiger partial charge in [0.25, 0.3) is 7.82 Å². The van der Waals surface area contributed by atoms with Gasteiger partial charge in [-0.05, 0) is 51.4 Å². The van der Waals surface area contributed by atoms with Gasteiger partial charge in [0.15, 0.2) is 6.10 Å². The number of quaternary nitrogens is 1. The normalized spacial score (nSPS) is 14.3. The Balaban J connectivity index is 4.51. The third kappa shape index (κ3) is 41.1. The van der Waals surface area contributed by atoms with E-state index in [2.05, 4.69) is 74.6 Å². The Morgan fingerprint density at radius 3 is 1.48 bits per heavy atom. The number of carbonyl (C=O) groups excluding carboxylic acids is 2. The topological polar surface area (TPSA) is 111 Å². The standard InChI is InChI=1S/C46H80NO8P/c1-6-8-10-12-14-16-18-20-21-22-23-24-25-27-29-31-33-35-37-39-46(49)55-44(43-54-56(50,51)53-41-40-47(3,4)5)42-52-45(48)38-36-34-32-30-28-26-19-17-15-13-11-9-7-2/h8,10,14,16,20-21,23-24,27,29,33,35,44H,6-7,9,11-13,15,17-19,22,25-26,28,30-32,34,36-43H2,1-5H3/b10-8?,16-14?,21-20?,24-23?,29-27?,35-33-/t44-/m1/s1. The van der Waals surface area contributed by atoms with E-state index in [9.17, 15) is 19.0 Å². The van der Waals surface area contributed by atoms with Gasteiger partial charge in [-0.3, -0.25) is 14.2 Å². The summed E-state index contributed by atoms with van der Waals surface area (Å²) >= 11 is 0. The van der Waals surface area contributed by atoms with Crippen molar-refractivity contribution in [2.24, 2.45) is 0 Å². The van der Waals surface area contributed by atoms with Crippen LogP contribution in [0.15, 0.2) is 72.9 Å². The molecule has 0 aromatic carbocycles. The minimum atomic E-state index is -4.65. The molecule has 0 fully saturated rings. The molecule has 0 N–H and O–H groups in total. The summed E-state index contributed by atoms with van der Waals surface area (Å²) in [6.07, 6.45) is 46.6. The van der Waals surface area contributed by atoms with Crippen molar-refractivity contribution < 1.29 is 42.1 Å². The van der Waals surface area contributed by atoms with Crippen LogP contribution < -0.4 is 4.89 Å². The molecule has 0 aliphatic heterocycles. The Bertz CT molecular complexity index is 1180. The predicted molar refractivity (Wildman–Crippen MR) is 231 cm³/mol. The molecule has 322 valence electrons. The van der Waals surface area contributed by atoms with Crippen LogP contribution in [0.3, 0.4) is 0 Å². The number of allylic oxidation sites excluding steroid dienone is 12. The fourth-order valence-corrected chi connectivity index (χ4v) is 6.11. The molecule has 0 aromatic heterocycles. The lowest BCUT2D eigenvalue weighted by Crippen LogP contribution is -2.37. The highest BCUT2D eigenvalue weighted by Crippen LogP contribution is 2.38. The molecule has 0 aliphatic carbocycles. The number of carbonyl (C=O) groups is 2. The average Bonchev–Trinajstić information content (AvgIpc) is 3.15. The molecule has 10 heteroatoms. The molecule has 9 nitrogen and oxygen atoms in total. The van der Waals surface area contributed by atoms with E-state index in [4.69, 9.17) is 18.5 Å². The van der Waals surface area contributed by atoms with Gasteiger partial charge in [-0.2, -0.15) is 0 Å². The van der Waals surface area contributed by atoms with E-state index in [1.54, 1.807) is 0 Å². The summed E-state index contributed by atoms with van der Waals surface area (Å²) in [5.41, 5.74) is 0. The summed E-state index contributed by atoms with van der Waals surface area (Å²) in [5, 5.41) is 0. The van der Waals surface area contributed by atoms with Crippen LogP contribution in [-0.4, -0.2) is 70.0 Å². The molecule has 0 radical (unpaired) electrons. The number of rotatable bonds is 38.